The van der Waals surface area contributed by atoms with Crippen LogP contribution in [0.15, 0.2) is 18.2 Å². The van der Waals surface area contributed by atoms with E-state index in [9.17, 15) is 4.79 Å². The third-order valence-corrected chi connectivity index (χ3v) is 2.82. The first-order valence-corrected chi connectivity index (χ1v) is 5.24. The first kappa shape index (κ1) is 10.3. The second kappa shape index (κ2) is 4.11. The number of amides is 1. The van der Waals surface area contributed by atoms with Crippen LogP contribution in [0.1, 0.15) is 12.8 Å². The zero-order valence-corrected chi connectivity index (χ0v) is 9.25. The molecule has 0 atom stereocenters. The molecule has 0 spiro atoms. The molecule has 0 radical (unpaired) electrons. The lowest BCUT2D eigenvalue weighted by Crippen LogP contribution is -2.23. The largest absolute Gasteiger partial charge is 0.497 e. The molecule has 1 aliphatic heterocycles. The van der Waals surface area contributed by atoms with E-state index in [1.165, 1.54) is 0 Å². The SMILES string of the molecule is COc1ccc(N2CCCC2=O)c(Cl)c1. The van der Waals surface area contributed by atoms with Gasteiger partial charge in [0.2, 0.25) is 5.91 Å². The van der Waals surface area contributed by atoms with E-state index in [-0.39, 0.29) is 5.91 Å². The van der Waals surface area contributed by atoms with Crippen molar-refractivity contribution in [2.75, 3.05) is 18.6 Å². The molecule has 0 unspecified atom stereocenters. The Morgan fingerprint density at radius 3 is 2.80 bits per heavy atom. The fourth-order valence-electron chi connectivity index (χ4n) is 1.74. The Hall–Kier alpha value is -1.22. The normalized spacial score (nSPS) is 15.9. The summed E-state index contributed by atoms with van der Waals surface area (Å²) >= 11 is 6.08. The van der Waals surface area contributed by atoms with E-state index >= 15 is 0 Å². The van der Waals surface area contributed by atoms with Crippen molar-refractivity contribution in [1.82, 2.24) is 0 Å². The van der Waals surface area contributed by atoms with Crippen LogP contribution in [0.2, 0.25) is 5.02 Å². The highest BCUT2D eigenvalue weighted by Gasteiger charge is 2.23. The van der Waals surface area contributed by atoms with Gasteiger partial charge in [0.15, 0.2) is 0 Å². The highest BCUT2D eigenvalue weighted by atomic mass is 35.5. The van der Waals surface area contributed by atoms with Crippen molar-refractivity contribution in [3.8, 4) is 5.75 Å². The van der Waals surface area contributed by atoms with E-state index in [1.54, 1.807) is 18.1 Å². The molecule has 1 aliphatic rings. The number of ether oxygens (including phenoxy) is 1. The zero-order valence-electron chi connectivity index (χ0n) is 8.50. The standard InChI is InChI=1S/C11H12ClNO2/c1-15-8-4-5-10(9(12)7-8)13-6-2-3-11(13)14/h4-5,7H,2-3,6H2,1H3. The summed E-state index contributed by atoms with van der Waals surface area (Å²) in [4.78, 5) is 13.2. The first-order chi connectivity index (χ1) is 7.22. The molecule has 1 fully saturated rings. The number of hydrogen-bond acceptors (Lipinski definition) is 2. The predicted molar refractivity (Wildman–Crippen MR) is 59.6 cm³/mol. The van der Waals surface area contributed by atoms with Gasteiger partial charge in [0.05, 0.1) is 17.8 Å². The van der Waals surface area contributed by atoms with E-state index < -0.39 is 0 Å². The lowest BCUT2D eigenvalue weighted by Gasteiger charge is -2.17. The summed E-state index contributed by atoms with van der Waals surface area (Å²) in [6.45, 7) is 0.755. The highest BCUT2D eigenvalue weighted by molar-refractivity contribution is 6.34. The van der Waals surface area contributed by atoms with Crippen LogP contribution < -0.4 is 9.64 Å². The van der Waals surface area contributed by atoms with Crippen LogP contribution in [-0.4, -0.2) is 19.6 Å². The Kier molecular flexibility index (Phi) is 2.82. The highest BCUT2D eigenvalue weighted by Crippen LogP contribution is 2.32. The van der Waals surface area contributed by atoms with Crippen molar-refractivity contribution >= 4 is 23.2 Å². The number of hydrogen-bond donors (Lipinski definition) is 0. The number of anilines is 1. The van der Waals surface area contributed by atoms with E-state index in [2.05, 4.69) is 0 Å². The van der Waals surface area contributed by atoms with Crippen LogP contribution >= 0.6 is 11.6 Å². The van der Waals surface area contributed by atoms with Gasteiger partial charge in [-0.2, -0.15) is 0 Å². The lowest BCUT2D eigenvalue weighted by molar-refractivity contribution is -0.117. The van der Waals surface area contributed by atoms with Crippen LogP contribution in [0, 0.1) is 0 Å². The number of halogens is 1. The minimum Gasteiger partial charge on any atom is -0.497 e. The van der Waals surface area contributed by atoms with Crippen LogP contribution in [0.3, 0.4) is 0 Å². The van der Waals surface area contributed by atoms with Gasteiger partial charge in [0.25, 0.3) is 0 Å². The van der Waals surface area contributed by atoms with Crippen molar-refractivity contribution in [1.29, 1.82) is 0 Å². The molecular weight excluding hydrogens is 214 g/mol. The van der Waals surface area contributed by atoms with Gasteiger partial charge in [-0.1, -0.05) is 11.6 Å². The summed E-state index contributed by atoms with van der Waals surface area (Å²) in [6.07, 6.45) is 1.52. The van der Waals surface area contributed by atoms with Crippen LogP contribution in [0.25, 0.3) is 0 Å². The molecule has 1 heterocycles. The van der Waals surface area contributed by atoms with Gasteiger partial charge in [-0.3, -0.25) is 4.79 Å². The molecule has 0 aromatic heterocycles. The van der Waals surface area contributed by atoms with Crippen molar-refractivity contribution in [2.24, 2.45) is 0 Å². The maximum absolute atomic E-state index is 11.5. The van der Waals surface area contributed by atoms with Gasteiger partial charge in [0.1, 0.15) is 5.75 Å². The number of nitrogens with zero attached hydrogens (tertiary/aromatic N) is 1. The smallest absolute Gasteiger partial charge is 0.227 e. The number of benzene rings is 1. The van der Waals surface area contributed by atoms with Crippen LogP contribution in [0.4, 0.5) is 5.69 Å². The van der Waals surface area contributed by atoms with Crippen LogP contribution in [0.5, 0.6) is 5.75 Å². The quantitative estimate of drug-likeness (QED) is 0.774. The van der Waals surface area contributed by atoms with E-state index in [0.717, 1.165) is 18.7 Å². The Balaban J connectivity index is 2.32. The molecule has 3 nitrogen and oxygen atoms in total. The van der Waals surface area contributed by atoms with Crippen molar-refractivity contribution in [2.45, 2.75) is 12.8 Å². The third kappa shape index (κ3) is 1.92. The maximum atomic E-state index is 11.5. The van der Waals surface area contributed by atoms with Gasteiger partial charge in [-0.05, 0) is 18.6 Å². The lowest BCUT2D eigenvalue weighted by atomic mass is 10.3. The summed E-state index contributed by atoms with van der Waals surface area (Å²) in [6, 6.07) is 5.36. The van der Waals surface area contributed by atoms with Gasteiger partial charge in [-0.15, -0.1) is 0 Å². The van der Waals surface area contributed by atoms with Crippen LogP contribution in [-0.2, 0) is 4.79 Å². The molecule has 0 aliphatic carbocycles. The summed E-state index contributed by atoms with van der Waals surface area (Å²) < 4.78 is 5.05. The van der Waals surface area contributed by atoms with E-state index in [4.69, 9.17) is 16.3 Å². The van der Waals surface area contributed by atoms with Crippen molar-refractivity contribution in [3.05, 3.63) is 23.2 Å². The zero-order chi connectivity index (χ0) is 10.8. The summed E-state index contributed by atoms with van der Waals surface area (Å²) in [5, 5.41) is 0.560. The van der Waals surface area contributed by atoms with Gasteiger partial charge >= 0.3 is 0 Å². The molecule has 15 heavy (non-hydrogen) atoms. The average Bonchev–Trinajstić information content (AvgIpc) is 2.64. The first-order valence-electron chi connectivity index (χ1n) is 4.86. The molecule has 1 amide bonds. The van der Waals surface area contributed by atoms with E-state index in [0.29, 0.717) is 17.2 Å². The number of rotatable bonds is 2. The Bertz CT molecular complexity index is 392. The topological polar surface area (TPSA) is 29.5 Å². The Morgan fingerprint density at radius 1 is 1.47 bits per heavy atom. The molecule has 2 rings (SSSR count). The van der Waals surface area contributed by atoms with Gasteiger partial charge in [0, 0.05) is 19.0 Å². The predicted octanol–water partition coefficient (Wildman–Crippen LogP) is 2.48. The third-order valence-electron chi connectivity index (χ3n) is 2.52. The Morgan fingerprint density at radius 2 is 2.27 bits per heavy atom. The van der Waals surface area contributed by atoms with Gasteiger partial charge in [-0.25, -0.2) is 0 Å². The average molecular weight is 226 g/mol. The molecule has 0 N–H and O–H groups in total. The summed E-state index contributed by atoms with van der Waals surface area (Å²) in [7, 11) is 1.59. The molecule has 1 aromatic rings. The molecule has 4 heteroatoms. The minimum atomic E-state index is 0.141. The van der Waals surface area contributed by atoms with Crippen molar-refractivity contribution < 1.29 is 9.53 Å². The minimum absolute atomic E-state index is 0.141. The number of methoxy groups -OCH3 is 1. The second-order valence-corrected chi connectivity index (χ2v) is 3.87. The maximum Gasteiger partial charge on any atom is 0.227 e. The van der Waals surface area contributed by atoms with E-state index in [1.807, 2.05) is 12.1 Å². The number of carbonyl (C=O) groups excluding carboxylic acids is 1. The van der Waals surface area contributed by atoms with Gasteiger partial charge < -0.3 is 9.64 Å². The second-order valence-electron chi connectivity index (χ2n) is 3.47. The summed E-state index contributed by atoms with van der Waals surface area (Å²) in [5.74, 6) is 0.845. The fraction of sp³-hybridized carbons (Fsp3) is 0.364. The summed E-state index contributed by atoms with van der Waals surface area (Å²) in [5.41, 5.74) is 0.778. The van der Waals surface area contributed by atoms with Crippen molar-refractivity contribution in [3.63, 3.8) is 0 Å². The fourth-order valence-corrected chi connectivity index (χ4v) is 2.01. The number of carbonyl (C=O) groups is 1. The molecular formula is C11H12ClNO2. The monoisotopic (exact) mass is 225 g/mol. The Labute approximate surface area is 93.6 Å². The molecule has 0 bridgehead atoms. The molecule has 1 aromatic carbocycles. The molecule has 1 saturated heterocycles. The molecule has 0 saturated carbocycles. The molecule has 80 valence electrons.